The van der Waals surface area contributed by atoms with Gasteiger partial charge in [-0.25, -0.2) is 4.79 Å². The van der Waals surface area contributed by atoms with Crippen molar-refractivity contribution in [3.8, 4) is 0 Å². The third-order valence-corrected chi connectivity index (χ3v) is 4.69. The summed E-state index contributed by atoms with van der Waals surface area (Å²) in [6, 6.07) is 22.9. The van der Waals surface area contributed by atoms with Crippen molar-refractivity contribution in [3.05, 3.63) is 95.6 Å². The number of esters is 1. The highest BCUT2D eigenvalue weighted by Crippen LogP contribution is 2.19. The van der Waals surface area contributed by atoms with Gasteiger partial charge in [-0.1, -0.05) is 48.0 Å². The monoisotopic (exact) mass is 416 g/mol. The number of anilines is 2. The Bertz CT molecular complexity index is 1080. The van der Waals surface area contributed by atoms with E-state index in [-0.39, 0.29) is 17.4 Å². The molecule has 0 spiro atoms. The lowest BCUT2D eigenvalue weighted by Crippen LogP contribution is -2.34. The molecule has 0 heterocycles. The fourth-order valence-corrected chi connectivity index (χ4v) is 3.14. The fraction of sp³-hybridized carbons (Fsp3) is 0.160. The number of likely N-dealkylation sites (N-methyl/N-ethyl adjacent to an activating group) is 1. The van der Waals surface area contributed by atoms with Gasteiger partial charge < -0.3 is 15.0 Å². The Labute approximate surface area is 181 Å². The van der Waals surface area contributed by atoms with Crippen molar-refractivity contribution in [1.29, 1.82) is 0 Å². The van der Waals surface area contributed by atoms with E-state index in [1.807, 2.05) is 50.2 Å². The number of nitrogens with one attached hydrogen (secondary N) is 1. The van der Waals surface area contributed by atoms with Crippen LogP contribution in [-0.4, -0.2) is 30.9 Å². The topological polar surface area (TPSA) is 75.7 Å². The van der Waals surface area contributed by atoms with E-state index in [9.17, 15) is 14.4 Å². The van der Waals surface area contributed by atoms with E-state index in [4.69, 9.17) is 4.74 Å². The normalized spacial score (nSPS) is 10.3. The van der Waals surface area contributed by atoms with Gasteiger partial charge in [-0.2, -0.15) is 0 Å². The maximum Gasteiger partial charge on any atom is 0.340 e. The summed E-state index contributed by atoms with van der Waals surface area (Å²) in [6.45, 7) is 3.79. The number of amides is 2. The Hall–Kier alpha value is -3.93. The van der Waals surface area contributed by atoms with Crippen molar-refractivity contribution in [2.24, 2.45) is 0 Å². The molecule has 0 fully saturated rings. The van der Waals surface area contributed by atoms with Crippen molar-refractivity contribution in [3.63, 3.8) is 0 Å². The molecule has 1 N–H and O–H groups in total. The van der Waals surface area contributed by atoms with Gasteiger partial charge in [0, 0.05) is 17.8 Å². The molecule has 0 aliphatic carbocycles. The van der Waals surface area contributed by atoms with Crippen LogP contribution in [0, 0.1) is 6.92 Å². The molecule has 0 aliphatic rings. The van der Waals surface area contributed by atoms with Gasteiger partial charge in [0.15, 0.2) is 6.61 Å². The number of carbonyl (C=O) groups excluding carboxylic acids is 3. The van der Waals surface area contributed by atoms with Gasteiger partial charge in [0.1, 0.15) is 0 Å². The van der Waals surface area contributed by atoms with Gasteiger partial charge in [0.25, 0.3) is 11.8 Å². The minimum Gasteiger partial charge on any atom is -0.452 e. The zero-order valence-corrected chi connectivity index (χ0v) is 17.5. The van der Waals surface area contributed by atoms with Crippen molar-refractivity contribution in [2.75, 3.05) is 23.4 Å². The van der Waals surface area contributed by atoms with E-state index in [2.05, 4.69) is 5.32 Å². The Morgan fingerprint density at radius 2 is 1.61 bits per heavy atom. The van der Waals surface area contributed by atoms with Crippen molar-refractivity contribution in [1.82, 2.24) is 0 Å². The first kappa shape index (κ1) is 21.8. The largest absolute Gasteiger partial charge is 0.452 e. The molecular weight excluding hydrogens is 392 g/mol. The zero-order chi connectivity index (χ0) is 22.2. The Kier molecular flexibility index (Phi) is 7.17. The van der Waals surface area contributed by atoms with E-state index in [1.54, 1.807) is 47.4 Å². The first-order valence-corrected chi connectivity index (χ1v) is 9.99. The minimum atomic E-state index is -0.683. The second-order valence-electron chi connectivity index (χ2n) is 6.92. The molecule has 6 nitrogen and oxygen atoms in total. The van der Waals surface area contributed by atoms with Crippen LogP contribution in [0.4, 0.5) is 11.4 Å². The molecule has 0 bridgehead atoms. The highest BCUT2D eigenvalue weighted by Gasteiger charge is 2.19. The van der Waals surface area contributed by atoms with E-state index in [1.165, 1.54) is 0 Å². The molecule has 0 saturated heterocycles. The maximum atomic E-state index is 12.6. The average Bonchev–Trinajstić information content (AvgIpc) is 2.79. The summed E-state index contributed by atoms with van der Waals surface area (Å²) in [6.07, 6.45) is 0. The first-order valence-electron chi connectivity index (χ1n) is 9.99. The molecule has 0 atom stereocenters. The molecule has 6 heteroatoms. The zero-order valence-electron chi connectivity index (χ0n) is 17.5. The number of carbonyl (C=O) groups is 3. The quantitative estimate of drug-likeness (QED) is 0.577. The van der Waals surface area contributed by atoms with Crippen molar-refractivity contribution in [2.45, 2.75) is 13.8 Å². The van der Waals surface area contributed by atoms with E-state index < -0.39 is 12.6 Å². The lowest BCUT2D eigenvalue weighted by atomic mass is 10.1. The van der Waals surface area contributed by atoms with Gasteiger partial charge in [-0.05, 0) is 50.2 Å². The number of para-hydroxylation sites is 2. The summed E-state index contributed by atoms with van der Waals surface area (Å²) in [5.41, 5.74) is 2.68. The lowest BCUT2D eigenvalue weighted by molar-refractivity contribution is -0.121. The number of rotatable bonds is 7. The Morgan fingerprint density at radius 1 is 0.903 bits per heavy atom. The Morgan fingerprint density at radius 3 is 2.32 bits per heavy atom. The minimum absolute atomic E-state index is 0.180. The maximum absolute atomic E-state index is 12.6. The molecule has 0 unspecified atom stereocenters. The molecule has 3 aromatic rings. The standard InChI is InChI=1S/C25H24N2O4/c1-3-27(20-12-5-4-6-13-20)23(28)17-31-25(30)21-14-7-8-15-22(21)26-24(29)19-11-9-10-18(2)16-19/h4-16H,3,17H2,1-2H3,(H,26,29). The molecule has 3 rings (SSSR count). The van der Waals surface area contributed by atoms with Crippen molar-refractivity contribution < 1.29 is 19.1 Å². The van der Waals surface area contributed by atoms with Gasteiger partial charge >= 0.3 is 5.97 Å². The summed E-state index contributed by atoms with van der Waals surface area (Å²) in [7, 11) is 0. The summed E-state index contributed by atoms with van der Waals surface area (Å²) < 4.78 is 5.26. The van der Waals surface area contributed by atoms with Crippen LogP contribution in [0.25, 0.3) is 0 Å². The van der Waals surface area contributed by atoms with Gasteiger partial charge in [-0.15, -0.1) is 0 Å². The Balaban J connectivity index is 1.68. The van der Waals surface area contributed by atoms with Crippen LogP contribution in [-0.2, 0) is 9.53 Å². The number of aryl methyl sites for hydroxylation is 1. The summed E-state index contributed by atoms with van der Waals surface area (Å²) in [4.78, 5) is 39.3. The third-order valence-electron chi connectivity index (χ3n) is 4.69. The molecule has 2 amide bonds. The molecule has 0 aromatic heterocycles. The van der Waals surface area contributed by atoms with Gasteiger partial charge in [0.2, 0.25) is 0 Å². The van der Waals surface area contributed by atoms with Crippen LogP contribution in [0.1, 0.15) is 33.2 Å². The lowest BCUT2D eigenvalue weighted by Gasteiger charge is -2.21. The van der Waals surface area contributed by atoms with E-state index in [0.717, 1.165) is 11.3 Å². The highest BCUT2D eigenvalue weighted by atomic mass is 16.5. The second-order valence-corrected chi connectivity index (χ2v) is 6.92. The van der Waals surface area contributed by atoms with Gasteiger partial charge in [-0.3, -0.25) is 9.59 Å². The highest BCUT2D eigenvalue weighted by molar-refractivity contribution is 6.08. The predicted molar refractivity (Wildman–Crippen MR) is 120 cm³/mol. The van der Waals surface area contributed by atoms with Crippen LogP contribution in [0.3, 0.4) is 0 Å². The second kappa shape index (κ2) is 10.2. The number of hydrogen-bond donors (Lipinski definition) is 1. The number of ether oxygens (including phenoxy) is 1. The average molecular weight is 416 g/mol. The SMILES string of the molecule is CCN(C(=O)COC(=O)c1ccccc1NC(=O)c1cccc(C)c1)c1ccccc1. The first-order chi connectivity index (χ1) is 15.0. The van der Waals surface area contributed by atoms with Crippen LogP contribution >= 0.6 is 0 Å². The number of benzene rings is 3. The number of nitrogens with zero attached hydrogens (tertiary/aromatic N) is 1. The van der Waals surface area contributed by atoms with Crippen LogP contribution in [0.2, 0.25) is 0 Å². The van der Waals surface area contributed by atoms with Gasteiger partial charge in [0.05, 0.1) is 11.3 Å². The molecular formula is C25H24N2O4. The van der Waals surface area contributed by atoms with Crippen LogP contribution in [0.5, 0.6) is 0 Å². The molecule has 0 radical (unpaired) electrons. The molecule has 0 aliphatic heterocycles. The molecule has 0 saturated carbocycles. The van der Waals surface area contributed by atoms with Crippen LogP contribution in [0.15, 0.2) is 78.9 Å². The third kappa shape index (κ3) is 5.57. The molecule has 3 aromatic carbocycles. The predicted octanol–water partition coefficient (Wildman–Crippen LogP) is 4.46. The molecule has 31 heavy (non-hydrogen) atoms. The van der Waals surface area contributed by atoms with E-state index >= 15 is 0 Å². The van der Waals surface area contributed by atoms with E-state index in [0.29, 0.717) is 17.8 Å². The smallest absolute Gasteiger partial charge is 0.340 e. The van der Waals surface area contributed by atoms with Crippen LogP contribution < -0.4 is 10.2 Å². The summed E-state index contributed by atoms with van der Waals surface area (Å²) in [5, 5.41) is 2.75. The fourth-order valence-electron chi connectivity index (χ4n) is 3.14. The summed E-state index contributed by atoms with van der Waals surface area (Å²) >= 11 is 0. The summed E-state index contributed by atoms with van der Waals surface area (Å²) in [5.74, 6) is -1.35. The molecule has 158 valence electrons. The van der Waals surface area contributed by atoms with Crippen molar-refractivity contribution >= 4 is 29.2 Å². The number of hydrogen-bond acceptors (Lipinski definition) is 4.